The number of nitrogens with zero attached hydrogens (tertiary/aromatic N) is 3. The number of rotatable bonds is 5. The molecule has 0 unspecified atom stereocenters. The summed E-state index contributed by atoms with van der Waals surface area (Å²) in [6.45, 7) is 0.107. The van der Waals surface area contributed by atoms with Gasteiger partial charge in [0.25, 0.3) is 5.69 Å². The first-order chi connectivity index (χ1) is 17.3. The van der Waals surface area contributed by atoms with Crippen LogP contribution in [-0.2, 0) is 19.2 Å². The van der Waals surface area contributed by atoms with E-state index < -0.39 is 16.8 Å². The van der Waals surface area contributed by atoms with Gasteiger partial charge in [-0.15, -0.1) is 0 Å². The number of benzene rings is 2. The average Bonchev–Trinajstić information content (AvgIpc) is 3.63. The molecular weight excluding hydrogens is 466 g/mol. The van der Waals surface area contributed by atoms with Crippen LogP contribution in [0.5, 0.6) is 5.75 Å². The second kappa shape index (κ2) is 8.25. The molecule has 6 rings (SSSR count). The fourth-order valence-electron chi connectivity index (χ4n) is 6.40. The summed E-state index contributed by atoms with van der Waals surface area (Å²) >= 11 is 0. The van der Waals surface area contributed by atoms with Gasteiger partial charge >= 0.3 is 5.97 Å². The number of non-ortho nitro benzene ring substituents is 1. The third-order valence-electron chi connectivity index (χ3n) is 8.07. The molecule has 3 amide bonds. The number of carbonyl (C=O) groups excluding carboxylic acids is 4. The third-order valence-corrected chi connectivity index (χ3v) is 8.07. The molecule has 2 aromatic carbocycles. The van der Waals surface area contributed by atoms with Crippen molar-refractivity contribution >= 4 is 40.8 Å². The van der Waals surface area contributed by atoms with Crippen LogP contribution in [0.25, 0.3) is 0 Å². The van der Waals surface area contributed by atoms with Crippen LogP contribution >= 0.6 is 0 Å². The highest BCUT2D eigenvalue weighted by Crippen LogP contribution is 2.56. The van der Waals surface area contributed by atoms with E-state index in [9.17, 15) is 29.3 Å². The first kappa shape index (κ1) is 22.4. The minimum absolute atomic E-state index is 0.0319. The number of hydrogen-bond acceptors (Lipinski definition) is 7. The van der Waals surface area contributed by atoms with Gasteiger partial charge in [-0.05, 0) is 67.5 Å². The first-order valence-corrected chi connectivity index (χ1v) is 12.1. The highest BCUT2D eigenvalue weighted by atomic mass is 16.6. The highest BCUT2D eigenvalue weighted by molar-refractivity contribution is 6.22. The van der Waals surface area contributed by atoms with Gasteiger partial charge in [-0.25, -0.2) is 0 Å². The normalized spacial score (nSPS) is 28.7. The zero-order valence-electron chi connectivity index (χ0n) is 19.2. The molecule has 2 saturated carbocycles. The predicted molar refractivity (Wildman–Crippen MR) is 126 cm³/mol. The molecular formula is C26H23N3O7. The molecule has 0 N–H and O–H groups in total. The average molecular weight is 489 g/mol. The van der Waals surface area contributed by atoms with E-state index in [1.165, 1.54) is 34.1 Å². The van der Waals surface area contributed by atoms with Crippen LogP contribution in [0.3, 0.4) is 0 Å². The lowest BCUT2D eigenvalue weighted by molar-refractivity contribution is -0.384. The zero-order valence-corrected chi connectivity index (χ0v) is 19.2. The third kappa shape index (κ3) is 3.47. The van der Waals surface area contributed by atoms with Gasteiger partial charge in [-0.1, -0.05) is 0 Å². The quantitative estimate of drug-likeness (QED) is 0.208. The Balaban J connectivity index is 1.11. The summed E-state index contributed by atoms with van der Waals surface area (Å²) in [5.41, 5.74) is 0.861. The van der Waals surface area contributed by atoms with E-state index in [-0.39, 0.29) is 54.0 Å². The molecule has 0 spiro atoms. The smallest absolute Gasteiger partial charge is 0.316 e. The van der Waals surface area contributed by atoms with E-state index in [0.29, 0.717) is 23.2 Å². The van der Waals surface area contributed by atoms with Crippen molar-refractivity contribution in [1.29, 1.82) is 0 Å². The monoisotopic (exact) mass is 489 g/mol. The highest BCUT2D eigenvalue weighted by Gasteiger charge is 2.61. The van der Waals surface area contributed by atoms with Crippen molar-refractivity contribution in [3.8, 4) is 5.75 Å². The van der Waals surface area contributed by atoms with E-state index in [0.717, 1.165) is 19.3 Å². The van der Waals surface area contributed by atoms with Gasteiger partial charge in [0.2, 0.25) is 17.7 Å². The second-order valence-electron chi connectivity index (χ2n) is 9.99. The Kier molecular flexibility index (Phi) is 5.13. The van der Waals surface area contributed by atoms with Crippen molar-refractivity contribution in [1.82, 2.24) is 0 Å². The molecule has 2 aliphatic carbocycles. The Hall–Kier alpha value is -4.08. The molecule has 0 radical (unpaired) electrons. The number of anilines is 2. The minimum Gasteiger partial charge on any atom is -0.426 e. The molecule has 36 heavy (non-hydrogen) atoms. The molecule has 2 aliphatic heterocycles. The van der Waals surface area contributed by atoms with E-state index in [4.69, 9.17) is 4.74 Å². The van der Waals surface area contributed by atoms with Gasteiger partial charge in [-0.2, -0.15) is 0 Å². The number of ether oxygens (including phenoxy) is 1. The molecule has 2 aromatic rings. The van der Waals surface area contributed by atoms with Crippen molar-refractivity contribution in [2.24, 2.45) is 29.6 Å². The molecule has 0 aromatic heterocycles. The molecule has 4 fully saturated rings. The first-order valence-electron chi connectivity index (χ1n) is 12.1. The van der Waals surface area contributed by atoms with Gasteiger partial charge in [0.1, 0.15) is 5.75 Å². The summed E-state index contributed by atoms with van der Waals surface area (Å²) in [5, 5.41) is 10.8. The van der Waals surface area contributed by atoms with Crippen LogP contribution in [-0.4, -0.2) is 35.2 Å². The summed E-state index contributed by atoms with van der Waals surface area (Å²) in [6, 6.07) is 11.9. The summed E-state index contributed by atoms with van der Waals surface area (Å²) < 4.78 is 5.48. The molecule has 2 heterocycles. The number of nitro benzene ring substituents is 1. The molecule has 184 valence electrons. The Morgan fingerprint density at radius 1 is 0.889 bits per heavy atom. The van der Waals surface area contributed by atoms with Gasteiger partial charge in [-0.3, -0.25) is 34.2 Å². The minimum atomic E-state index is -0.691. The summed E-state index contributed by atoms with van der Waals surface area (Å²) in [6.07, 6.45) is 2.97. The zero-order chi connectivity index (χ0) is 25.1. The van der Waals surface area contributed by atoms with Crippen LogP contribution in [0, 0.1) is 39.7 Å². The lowest BCUT2D eigenvalue weighted by Crippen LogP contribution is -2.32. The van der Waals surface area contributed by atoms with Gasteiger partial charge in [0, 0.05) is 30.8 Å². The molecule has 10 heteroatoms. The fraction of sp³-hybridized carbons (Fsp3) is 0.385. The van der Waals surface area contributed by atoms with Crippen LogP contribution < -0.4 is 14.5 Å². The van der Waals surface area contributed by atoms with Crippen molar-refractivity contribution in [3.63, 3.8) is 0 Å². The number of nitro groups is 1. The maximum absolute atomic E-state index is 13.0. The van der Waals surface area contributed by atoms with Crippen molar-refractivity contribution < 1.29 is 28.8 Å². The van der Waals surface area contributed by atoms with E-state index >= 15 is 0 Å². The van der Waals surface area contributed by atoms with Crippen LogP contribution in [0.2, 0.25) is 0 Å². The van der Waals surface area contributed by atoms with Gasteiger partial charge in [0.15, 0.2) is 0 Å². The van der Waals surface area contributed by atoms with Crippen molar-refractivity contribution in [2.75, 3.05) is 16.3 Å². The van der Waals surface area contributed by atoms with Gasteiger partial charge in [0.05, 0.1) is 28.4 Å². The van der Waals surface area contributed by atoms with Crippen LogP contribution in [0.4, 0.5) is 17.1 Å². The Morgan fingerprint density at radius 2 is 1.47 bits per heavy atom. The maximum atomic E-state index is 13.0. The second-order valence-corrected chi connectivity index (χ2v) is 9.99. The Bertz CT molecular complexity index is 1260. The SMILES string of the molecule is O=C(Oc1ccc(N2C(=O)[C@@H]3[C@H]4CC[C@@H](C4)[C@H]3C2=O)cc1)[C@H]1CC(=O)N(c2ccc([N+](=O)[O-])cc2)C1. The van der Waals surface area contributed by atoms with Crippen molar-refractivity contribution in [2.45, 2.75) is 25.7 Å². The Morgan fingerprint density at radius 3 is 2.06 bits per heavy atom. The summed E-state index contributed by atoms with van der Waals surface area (Å²) in [7, 11) is 0. The molecule has 2 bridgehead atoms. The predicted octanol–water partition coefficient (Wildman–Crippen LogP) is 3.09. The van der Waals surface area contributed by atoms with Crippen LogP contribution in [0.15, 0.2) is 48.5 Å². The van der Waals surface area contributed by atoms with Crippen molar-refractivity contribution in [3.05, 3.63) is 58.6 Å². The van der Waals surface area contributed by atoms with E-state index in [1.807, 2.05) is 0 Å². The number of imide groups is 1. The standard InChI is InChI=1S/C26H23N3O7/c30-21-12-16(13-27(21)17-3-5-19(6-4-17)29(34)35)26(33)36-20-9-7-18(8-10-20)28-24(31)22-14-1-2-15(11-14)23(22)25(28)32/h3-10,14-16,22-23H,1-2,11-13H2/t14-,15-,16-,22+,23+/m0/s1. The van der Waals surface area contributed by atoms with E-state index in [2.05, 4.69) is 0 Å². The lowest BCUT2D eigenvalue weighted by Gasteiger charge is -2.19. The molecule has 2 saturated heterocycles. The van der Waals surface area contributed by atoms with E-state index in [1.54, 1.807) is 24.3 Å². The van der Waals surface area contributed by atoms with Crippen LogP contribution in [0.1, 0.15) is 25.7 Å². The summed E-state index contributed by atoms with van der Waals surface area (Å²) in [4.78, 5) is 64.2. The Labute approximate surface area is 206 Å². The lowest BCUT2D eigenvalue weighted by atomic mass is 9.81. The molecule has 10 nitrogen and oxygen atoms in total. The number of hydrogen-bond donors (Lipinski definition) is 0. The fourth-order valence-corrected chi connectivity index (χ4v) is 6.40. The van der Waals surface area contributed by atoms with Gasteiger partial charge < -0.3 is 9.64 Å². The largest absolute Gasteiger partial charge is 0.426 e. The maximum Gasteiger partial charge on any atom is 0.316 e. The number of esters is 1. The topological polar surface area (TPSA) is 127 Å². The number of amides is 3. The summed E-state index contributed by atoms with van der Waals surface area (Å²) in [5.74, 6) is -1.32. The molecule has 5 atom stereocenters. The molecule has 4 aliphatic rings. The number of carbonyl (C=O) groups is 4. The number of fused-ring (bicyclic) bond motifs is 5.